The first kappa shape index (κ1) is 9.49. The summed E-state index contributed by atoms with van der Waals surface area (Å²) < 4.78 is 5.80. The van der Waals surface area contributed by atoms with Gasteiger partial charge < -0.3 is 4.74 Å². The fourth-order valence-corrected chi connectivity index (χ4v) is 1.50. The van der Waals surface area contributed by atoms with Crippen LogP contribution in [-0.4, -0.2) is 6.10 Å². The van der Waals surface area contributed by atoms with E-state index in [-0.39, 0.29) is 0 Å². The van der Waals surface area contributed by atoms with Crippen LogP contribution in [0, 0.1) is 0 Å². The van der Waals surface area contributed by atoms with E-state index in [9.17, 15) is 0 Å². The van der Waals surface area contributed by atoms with Gasteiger partial charge >= 0.3 is 0 Å². The lowest BCUT2D eigenvalue weighted by molar-refractivity contribution is 0.101. The van der Waals surface area contributed by atoms with Gasteiger partial charge in [-0.1, -0.05) is 18.2 Å². The first-order valence-corrected chi connectivity index (χ1v) is 4.96. The van der Waals surface area contributed by atoms with Crippen molar-refractivity contribution < 1.29 is 9.57 Å². The molecule has 0 aromatic heterocycles. The minimum atomic E-state index is 0.397. The lowest BCUT2D eigenvalue weighted by Gasteiger charge is -2.27. The van der Waals surface area contributed by atoms with Gasteiger partial charge in [-0.25, -0.2) is 5.90 Å². The van der Waals surface area contributed by atoms with Crippen LogP contribution in [-0.2, 0) is 11.4 Å². The first-order valence-electron chi connectivity index (χ1n) is 4.96. The van der Waals surface area contributed by atoms with Crippen LogP contribution in [0.15, 0.2) is 24.3 Å². The van der Waals surface area contributed by atoms with Gasteiger partial charge in [-0.15, -0.1) is 0 Å². The van der Waals surface area contributed by atoms with Crippen LogP contribution in [0.5, 0.6) is 5.75 Å². The molecule has 0 amide bonds. The van der Waals surface area contributed by atoms with Crippen molar-refractivity contribution in [2.75, 3.05) is 0 Å². The van der Waals surface area contributed by atoms with Gasteiger partial charge in [0.1, 0.15) is 5.75 Å². The molecule has 0 atom stereocenters. The normalized spacial score (nSPS) is 16.4. The van der Waals surface area contributed by atoms with Crippen LogP contribution in [0.1, 0.15) is 24.8 Å². The summed E-state index contributed by atoms with van der Waals surface area (Å²) in [6.45, 7) is 0.406. The van der Waals surface area contributed by atoms with Crippen molar-refractivity contribution in [3.8, 4) is 5.75 Å². The molecule has 0 aliphatic heterocycles. The Labute approximate surface area is 83.8 Å². The van der Waals surface area contributed by atoms with E-state index in [1.54, 1.807) is 0 Å². The Balaban J connectivity index is 2.05. The molecule has 1 aliphatic rings. The number of rotatable bonds is 4. The van der Waals surface area contributed by atoms with E-state index in [1.807, 2.05) is 24.3 Å². The third kappa shape index (κ3) is 2.05. The molecule has 14 heavy (non-hydrogen) atoms. The summed E-state index contributed by atoms with van der Waals surface area (Å²) in [5, 5.41) is 0. The van der Waals surface area contributed by atoms with E-state index in [1.165, 1.54) is 6.42 Å². The summed E-state index contributed by atoms with van der Waals surface area (Å²) in [7, 11) is 0. The summed E-state index contributed by atoms with van der Waals surface area (Å²) in [5.74, 6) is 5.96. The molecular formula is C11H15NO2. The van der Waals surface area contributed by atoms with Gasteiger partial charge in [-0.3, -0.25) is 4.84 Å². The number of para-hydroxylation sites is 1. The lowest BCUT2D eigenvalue weighted by Crippen LogP contribution is -2.25. The van der Waals surface area contributed by atoms with E-state index < -0.39 is 0 Å². The van der Waals surface area contributed by atoms with Crippen LogP contribution in [0.2, 0.25) is 0 Å². The Hall–Kier alpha value is -1.06. The fraction of sp³-hybridized carbons (Fsp3) is 0.455. The van der Waals surface area contributed by atoms with E-state index in [0.29, 0.717) is 12.7 Å². The second-order valence-corrected chi connectivity index (χ2v) is 3.59. The molecule has 0 saturated heterocycles. The average molecular weight is 193 g/mol. The Morgan fingerprint density at radius 3 is 2.71 bits per heavy atom. The summed E-state index contributed by atoms with van der Waals surface area (Å²) in [5.41, 5.74) is 1.02. The van der Waals surface area contributed by atoms with Crippen molar-refractivity contribution in [1.82, 2.24) is 0 Å². The quantitative estimate of drug-likeness (QED) is 0.744. The van der Waals surface area contributed by atoms with Gasteiger partial charge in [-0.05, 0) is 25.3 Å². The van der Waals surface area contributed by atoms with Gasteiger partial charge in [0.05, 0.1) is 12.7 Å². The van der Waals surface area contributed by atoms with Crippen LogP contribution in [0.25, 0.3) is 0 Å². The Bertz CT molecular complexity index is 297. The molecule has 0 radical (unpaired) electrons. The van der Waals surface area contributed by atoms with Crippen LogP contribution in [0.3, 0.4) is 0 Å². The molecule has 0 unspecified atom stereocenters. The molecule has 3 heteroatoms. The number of ether oxygens (including phenoxy) is 1. The number of nitrogens with two attached hydrogens (primary N) is 1. The molecular weight excluding hydrogens is 178 g/mol. The van der Waals surface area contributed by atoms with Crippen molar-refractivity contribution in [2.45, 2.75) is 32.0 Å². The first-order chi connectivity index (χ1) is 6.90. The monoisotopic (exact) mass is 193 g/mol. The molecule has 1 aliphatic carbocycles. The van der Waals surface area contributed by atoms with Crippen molar-refractivity contribution in [3.63, 3.8) is 0 Å². The molecule has 3 nitrogen and oxygen atoms in total. The van der Waals surface area contributed by atoms with Crippen LogP contribution >= 0.6 is 0 Å². The van der Waals surface area contributed by atoms with Crippen LogP contribution in [0.4, 0.5) is 0 Å². The highest BCUT2D eigenvalue weighted by Crippen LogP contribution is 2.27. The molecule has 76 valence electrons. The number of hydrogen-bond acceptors (Lipinski definition) is 3. The Morgan fingerprint density at radius 2 is 2.07 bits per heavy atom. The third-order valence-corrected chi connectivity index (χ3v) is 2.56. The molecule has 1 saturated carbocycles. The van der Waals surface area contributed by atoms with Gasteiger partial charge in [0.25, 0.3) is 0 Å². The van der Waals surface area contributed by atoms with Gasteiger partial charge in [0.15, 0.2) is 0 Å². The van der Waals surface area contributed by atoms with Gasteiger partial charge in [0, 0.05) is 5.56 Å². The minimum Gasteiger partial charge on any atom is -0.490 e. The zero-order valence-electron chi connectivity index (χ0n) is 8.11. The highest BCUT2D eigenvalue weighted by molar-refractivity contribution is 5.33. The smallest absolute Gasteiger partial charge is 0.125 e. The molecule has 1 fully saturated rings. The summed E-state index contributed by atoms with van der Waals surface area (Å²) in [4.78, 5) is 4.62. The zero-order chi connectivity index (χ0) is 9.80. The molecule has 0 heterocycles. The molecule has 2 N–H and O–H groups in total. The maximum absolute atomic E-state index is 5.80. The van der Waals surface area contributed by atoms with E-state index in [4.69, 9.17) is 10.6 Å². The van der Waals surface area contributed by atoms with Gasteiger partial charge in [-0.2, -0.15) is 0 Å². The summed E-state index contributed by atoms with van der Waals surface area (Å²) in [6, 6.07) is 7.86. The SMILES string of the molecule is NOCc1ccccc1OC1CCC1. The average Bonchev–Trinajstić information content (AvgIpc) is 2.14. The van der Waals surface area contributed by atoms with Crippen molar-refractivity contribution in [3.05, 3.63) is 29.8 Å². The largest absolute Gasteiger partial charge is 0.490 e. The van der Waals surface area contributed by atoms with Crippen molar-refractivity contribution in [2.24, 2.45) is 5.90 Å². The molecule has 1 aromatic carbocycles. The molecule has 0 bridgehead atoms. The van der Waals surface area contributed by atoms with E-state index in [0.717, 1.165) is 24.2 Å². The zero-order valence-corrected chi connectivity index (χ0v) is 8.11. The minimum absolute atomic E-state index is 0.397. The fourth-order valence-electron chi connectivity index (χ4n) is 1.50. The standard InChI is InChI=1S/C11H15NO2/c12-13-8-9-4-1-2-7-11(9)14-10-5-3-6-10/h1-2,4,7,10H,3,5-6,8,12H2. The maximum atomic E-state index is 5.80. The molecule has 2 rings (SSSR count). The Morgan fingerprint density at radius 1 is 1.29 bits per heavy atom. The summed E-state index contributed by atoms with van der Waals surface area (Å²) >= 11 is 0. The second-order valence-electron chi connectivity index (χ2n) is 3.59. The maximum Gasteiger partial charge on any atom is 0.125 e. The Kier molecular flexibility index (Phi) is 3.01. The second kappa shape index (κ2) is 4.44. The van der Waals surface area contributed by atoms with Gasteiger partial charge in [0.2, 0.25) is 0 Å². The molecule has 0 spiro atoms. The van der Waals surface area contributed by atoms with E-state index in [2.05, 4.69) is 4.84 Å². The van der Waals surface area contributed by atoms with Crippen molar-refractivity contribution >= 4 is 0 Å². The number of benzene rings is 1. The molecule has 1 aromatic rings. The van der Waals surface area contributed by atoms with Crippen LogP contribution < -0.4 is 10.6 Å². The predicted molar refractivity (Wildman–Crippen MR) is 53.7 cm³/mol. The predicted octanol–water partition coefficient (Wildman–Crippen LogP) is 2.01. The van der Waals surface area contributed by atoms with Crippen molar-refractivity contribution in [1.29, 1.82) is 0 Å². The number of hydrogen-bond donors (Lipinski definition) is 1. The highest BCUT2D eigenvalue weighted by Gasteiger charge is 2.19. The lowest BCUT2D eigenvalue weighted by atomic mass is 9.96. The van der Waals surface area contributed by atoms with E-state index >= 15 is 0 Å². The summed E-state index contributed by atoms with van der Waals surface area (Å²) in [6.07, 6.45) is 4.00. The third-order valence-electron chi connectivity index (χ3n) is 2.56. The topological polar surface area (TPSA) is 44.5 Å². The highest BCUT2D eigenvalue weighted by atomic mass is 16.6.